The number of hydrogen-bond donors (Lipinski definition) is 1. The van der Waals surface area contributed by atoms with E-state index in [9.17, 15) is 0 Å². The summed E-state index contributed by atoms with van der Waals surface area (Å²) in [6.07, 6.45) is 5.21. The van der Waals surface area contributed by atoms with Crippen LogP contribution >= 0.6 is 0 Å². The minimum atomic E-state index is 0.232. The standard InChI is InChI=1S/C22H19N5O2/c1-14-3-5-15(6-4-14)19-20(16-7-8-17-18(11-16)29-13-28-17)25-22(26-21(19)23-2)27-10-9-24-12-27/h3-12H,13H2,1-2H3,(H,23,25,26). The molecular weight excluding hydrogens is 366 g/mol. The molecule has 2 aromatic heterocycles. The Morgan fingerprint density at radius 2 is 1.76 bits per heavy atom. The van der Waals surface area contributed by atoms with Crippen molar-refractivity contribution in [3.8, 4) is 39.8 Å². The second kappa shape index (κ2) is 6.94. The van der Waals surface area contributed by atoms with Crippen LogP contribution in [0.3, 0.4) is 0 Å². The van der Waals surface area contributed by atoms with Crippen LogP contribution in [0.2, 0.25) is 0 Å². The van der Waals surface area contributed by atoms with Gasteiger partial charge in [-0.2, -0.15) is 4.98 Å². The fourth-order valence-electron chi connectivity index (χ4n) is 3.37. The van der Waals surface area contributed by atoms with Crippen LogP contribution in [0.1, 0.15) is 5.56 Å². The van der Waals surface area contributed by atoms with E-state index in [-0.39, 0.29) is 6.79 Å². The first-order valence-electron chi connectivity index (χ1n) is 9.28. The summed E-state index contributed by atoms with van der Waals surface area (Å²) in [5.41, 5.74) is 4.88. The molecule has 5 rings (SSSR count). The van der Waals surface area contributed by atoms with Gasteiger partial charge in [-0.15, -0.1) is 0 Å². The number of nitrogens with one attached hydrogen (secondary N) is 1. The molecule has 0 unspecified atom stereocenters. The first kappa shape index (κ1) is 17.2. The van der Waals surface area contributed by atoms with Crippen molar-refractivity contribution in [2.45, 2.75) is 6.92 Å². The van der Waals surface area contributed by atoms with Gasteiger partial charge in [-0.3, -0.25) is 4.57 Å². The van der Waals surface area contributed by atoms with Gasteiger partial charge in [0.2, 0.25) is 12.7 Å². The maximum absolute atomic E-state index is 5.58. The Balaban J connectivity index is 1.77. The lowest BCUT2D eigenvalue weighted by molar-refractivity contribution is 0.174. The van der Waals surface area contributed by atoms with Gasteiger partial charge in [-0.25, -0.2) is 9.97 Å². The molecule has 29 heavy (non-hydrogen) atoms. The van der Waals surface area contributed by atoms with E-state index in [0.717, 1.165) is 34.0 Å². The number of imidazole rings is 1. The summed E-state index contributed by atoms with van der Waals surface area (Å²) >= 11 is 0. The summed E-state index contributed by atoms with van der Waals surface area (Å²) in [6, 6.07) is 14.2. The second-order valence-corrected chi connectivity index (χ2v) is 6.75. The molecule has 3 heterocycles. The van der Waals surface area contributed by atoms with Gasteiger partial charge < -0.3 is 14.8 Å². The number of rotatable bonds is 4. The van der Waals surface area contributed by atoms with Crippen molar-refractivity contribution >= 4 is 5.82 Å². The van der Waals surface area contributed by atoms with Gasteiger partial charge in [0.1, 0.15) is 12.1 Å². The lowest BCUT2D eigenvalue weighted by atomic mass is 9.98. The predicted molar refractivity (Wildman–Crippen MR) is 110 cm³/mol. The second-order valence-electron chi connectivity index (χ2n) is 6.75. The molecule has 1 aliphatic heterocycles. The molecule has 0 atom stereocenters. The molecule has 144 valence electrons. The lowest BCUT2D eigenvalue weighted by Crippen LogP contribution is -2.07. The van der Waals surface area contributed by atoms with Gasteiger partial charge >= 0.3 is 0 Å². The molecule has 2 aromatic carbocycles. The largest absolute Gasteiger partial charge is 0.454 e. The third kappa shape index (κ3) is 3.06. The maximum atomic E-state index is 5.58. The van der Waals surface area contributed by atoms with Crippen molar-refractivity contribution in [1.29, 1.82) is 0 Å². The van der Waals surface area contributed by atoms with Crippen LogP contribution < -0.4 is 14.8 Å². The van der Waals surface area contributed by atoms with Gasteiger partial charge in [-0.1, -0.05) is 29.8 Å². The van der Waals surface area contributed by atoms with E-state index in [0.29, 0.717) is 11.7 Å². The van der Waals surface area contributed by atoms with Gasteiger partial charge in [-0.05, 0) is 30.7 Å². The van der Waals surface area contributed by atoms with Crippen LogP contribution in [-0.4, -0.2) is 33.4 Å². The number of aryl methyl sites for hydroxylation is 1. The topological polar surface area (TPSA) is 74.1 Å². The Morgan fingerprint density at radius 3 is 2.52 bits per heavy atom. The van der Waals surface area contributed by atoms with E-state index in [1.54, 1.807) is 17.1 Å². The summed E-state index contributed by atoms with van der Waals surface area (Å²) in [7, 11) is 1.86. The molecule has 0 radical (unpaired) electrons. The van der Waals surface area contributed by atoms with E-state index in [2.05, 4.69) is 41.5 Å². The highest BCUT2D eigenvalue weighted by Crippen LogP contribution is 2.40. The van der Waals surface area contributed by atoms with Crippen molar-refractivity contribution in [2.24, 2.45) is 0 Å². The Kier molecular flexibility index (Phi) is 4.13. The molecule has 0 saturated heterocycles. The van der Waals surface area contributed by atoms with Crippen LogP contribution in [0.4, 0.5) is 5.82 Å². The summed E-state index contributed by atoms with van der Waals surface area (Å²) in [6.45, 7) is 2.30. The fourth-order valence-corrected chi connectivity index (χ4v) is 3.37. The third-order valence-corrected chi connectivity index (χ3v) is 4.86. The number of hydrogen-bond acceptors (Lipinski definition) is 6. The van der Waals surface area contributed by atoms with Gasteiger partial charge in [0.05, 0.1) is 11.3 Å². The molecule has 0 amide bonds. The van der Waals surface area contributed by atoms with Crippen LogP contribution in [0, 0.1) is 6.92 Å². The SMILES string of the molecule is CNc1nc(-n2ccnc2)nc(-c2ccc3c(c2)OCO3)c1-c1ccc(C)cc1. The minimum absolute atomic E-state index is 0.232. The molecular formula is C22H19N5O2. The molecule has 0 saturated carbocycles. The predicted octanol–water partition coefficient (Wildman–Crippen LogP) is 4.08. The van der Waals surface area contributed by atoms with Crippen molar-refractivity contribution in [3.05, 3.63) is 66.7 Å². The van der Waals surface area contributed by atoms with Crippen molar-refractivity contribution in [2.75, 3.05) is 19.2 Å². The van der Waals surface area contributed by atoms with Gasteiger partial charge in [0.25, 0.3) is 0 Å². The first-order valence-corrected chi connectivity index (χ1v) is 9.28. The van der Waals surface area contributed by atoms with E-state index in [1.807, 2.05) is 31.4 Å². The van der Waals surface area contributed by atoms with Gasteiger partial charge in [0, 0.05) is 25.0 Å². The quantitative estimate of drug-likeness (QED) is 0.571. The number of fused-ring (bicyclic) bond motifs is 1. The minimum Gasteiger partial charge on any atom is -0.454 e. The average Bonchev–Trinajstić information content (AvgIpc) is 3.45. The average molecular weight is 385 g/mol. The zero-order valence-corrected chi connectivity index (χ0v) is 16.1. The van der Waals surface area contributed by atoms with Crippen molar-refractivity contribution < 1.29 is 9.47 Å². The number of anilines is 1. The summed E-state index contributed by atoms with van der Waals surface area (Å²) in [5.74, 6) is 2.73. The molecule has 0 aliphatic carbocycles. The molecule has 0 fully saturated rings. The Bertz CT molecular complexity index is 1170. The highest BCUT2D eigenvalue weighted by Gasteiger charge is 2.21. The zero-order valence-electron chi connectivity index (χ0n) is 16.1. The molecule has 4 aromatic rings. The molecule has 1 aliphatic rings. The summed E-state index contributed by atoms with van der Waals surface area (Å²) < 4.78 is 12.8. The number of aromatic nitrogens is 4. The smallest absolute Gasteiger partial charge is 0.237 e. The van der Waals surface area contributed by atoms with E-state index >= 15 is 0 Å². The highest BCUT2D eigenvalue weighted by atomic mass is 16.7. The molecule has 0 bridgehead atoms. The highest BCUT2D eigenvalue weighted by molar-refractivity contribution is 5.89. The van der Waals surface area contributed by atoms with E-state index in [1.165, 1.54) is 5.56 Å². The fraction of sp³-hybridized carbons (Fsp3) is 0.136. The summed E-state index contributed by atoms with van der Waals surface area (Å²) in [4.78, 5) is 13.7. The summed E-state index contributed by atoms with van der Waals surface area (Å²) in [5, 5.41) is 3.23. The molecule has 1 N–H and O–H groups in total. The Morgan fingerprint density at radius 1 is 0.966 bits per heavy atom. The lowest BCUT2D eigenvalue weighted by Gasteiger charge is -2.16. The maximum Gasteiger partial charge on any atom is 0.237 e. The monoisotopic (exact) mass is 385 g/mol. The third-order valence-electron chi connectivity index (χ3n) is 4.86. The van der Waals surface area contributed by atoms with Crippen LogP contribution in [0.5, 0.6) is 11.5 Å². The number of benzene rings is 2. The Labute approximate surface area is 168 Å². The number of ether oxygens (including phenoxy) is 2. The van der Waals surface area contributed by atoms with Crippen LogP contribution in [0.15, 0.2) is 61.2 Å². The zero-order chi connectivity index (χ0) is 19.8. The van der Waals surface area contributed by atoms with Crippen LogP contribution in [-0.2, 0) is 0 Å². The molecule has 7 heteroatoms. The van der Waals surface area contributed by atoms with E-state index in [4.69, 9.17) is 19.4 Å². The normalized spacial score (nSPS) is 12.2. The van der Waals surface area contributed by atoms with Crippen molar-refractivity contribution in [3.63, 3.8) is 0 Å². The first-order chi connectivity index (χ1) is 14.2. The number of nitrogens with zero attached hydrogens (tertiary/aromatic N) is 4. The van der Waals surface area contributed by atoms with Crippen LogP contribution in [0.25, 0.3) is 28.3 Å². The van der Waals surface area contributed by atoms with Crippen molar-refractivity contribution in [1.82, 2.24) is 19.5 Å². The Hall–Kier alpha value is -3.87. The molecule has 7 nitrogen and oxygen atoms in total. The van der Waals surface area contributed by atoms with Gasteiger partial charge in [0.15, 0.2) is 11.5 Å². The van der Waals surface area contributed by atoms with E-state index < -0.39 is 0 Å². The molecule has 0 spiro atoms.